The molecular weight excluding hydrogens is 362 g/mol. The average Bonchev–Trinajstić information content (AvgIpc) is 2.78. The molecule has 0 unspecified atom stereocenters. The summed E-state index contributed by atoms with van der Waals surface area (Å²) in [6, 6.07) is 11.8. The van der Waals surface area contributed by atoms with E-state index in [0.717, 1.165) is 16.5 Å². The van der Waals surface area contributed by atoms with E-state index in [-0.39, 0.29) is 6.17 Å². The van der Waals surface area contributed by atoms with Gasteiger partial charge in [0.05, 0.1) is 12.3 Å². The van der Waals surface area contributed by atoms with Crippen molar-refractivity contribution in [3.8, 4) is 11.3 Å². The fourth-order valence-corrected chi connectivity index (χ4v) is 5.21. The van der Waals surface area contributed by atoms with E-state index in [0.29, 0.717) is 23.8 Å². The van der Waals surface area contributed by atoms with Crippen LogP contribution in [0, 0.1) is 6.92 Å². The molecule has 0 aliphatic heterocycles. The Morgan fingerprint density at radius 2 is 1.70 bits per heavy atom. The molecule has 0 spiro atoms. The Hall–Kier alpha value is -2.15. The molecule has 0 N–H and O–H groups in total. The van der Waals surface area contributed by atoms with E-state index < -0.39 is 0 Å². The maximum Gasteiger partial charge on any atom is 0.220 e. The van der Waals surface area contributed by atoms with Crippen molar-refractivity contribution in [1.82, 2.24) is 0 Å². The Balaban J connectivity index is 2.01. The second kappa shape index (κ2) is 8.53. The summed E-state index contributed by atoms with van der Waals surface area (Å²) in [6.07, 6.45) is 6.71. The van der Waals surface area contributed by atoms with Gasteiger partial charge in [-0.3, -0.25) is 0 Å². The second-order valence-corrected chi connectivity index (χ2v) is 9.88. The Labute approximate surface area is 186 Å². The Kier molecular flexibility index (Phi) is 5.29. The van der Waals surface area contributed by atoms with Crippen molar-refractivity contribution in [1.29, 1.82) is 0 Å². The van der Waals surface area contributed by atoms with Crippen molar-refractivity contribution in [3.05, 3.63) is 64.8 Å². The van der Waals surface area contributed by atoms with Crippen LogP contribution in [0.2, 0.25) is 0 Å². The number of nitrogens with zero attached hydrogens (tertiary/aromatic N) is 1. The van der Waals surface area contributed by atoms with Gasteiger partial charge in [-0.2, -0.15) is 0 Å². The first kappa shape index (κ1) is 18.6. The van der Waals surface area contributed by atoms with Crippen LogP contribution in [0.3, 0.4) is 0 Å². The third-order valence-electron chi connectivity index (χ3n) is 7.08. The van der Waals surface area contributed by atoms with Gasteiger partial charge in [-0.15, -0.1) is 0 Å². The molecule has 0 radical (unpaired) electrons. The molecule has 4 rings (SSSR count). The van der Waals surface area contributed by atoms with E-state index in [1.54, 1.807) is 0 Å². The summed E-state index contributed by atoms with van der Waals surface area (Å²) in [5.41, 5.74) is 7.61. The van der Waals surface area contributed by atoms with Crippen LogP contribution in [0.25, 0.3) is 22.0 Å². The van der Waals surface area contributed by atoms with Crippen LogP contribution in [0.4, 0.5) is 0 Å². The van der Waals surface area contributed by atoms with Gasteiger partial charge < -0.3 is 0 Å². The monoisotopic (exact) mass is 402 g/mol. The van der Waals surface area contributed by atoms with Gasteiger partial charge in [-0.05, 0) is 77.3 Å². The molecule has 3 aromatic rings. The maximum absolute atomic E-state index is 8.77. The number of pyridine rings is 1. The van der Waals surface area contributed by atoms with Crippen molar-refractivity contribution in [2.75, 3.05) is 0 Å². The molecule has 158 valence electrons. The fourth-order valence-electron chi connectivity index (χ4n) is 5.21. The van der Waals surface area contributed by atoms with Gasteiger partial charge in [-0.1, -0.05) is 65.2 Å². The predicted molar refractivity (Wildman–Crippen MR) is 129 cm³/mol. The van der Waals surface area contributed by atoms with Crippen molar-refractivity contribution >= 4 is 10.8 Å². The van der Waals surface area contributed by atoms with Crippen LogP contribution < -0.4 is 4.57 Å². The highest BCUT2D eigenvalue weighted by Gasteiger charge is 2.22. The molecule has 1 heterocycles. The van der Waals surface area contributed by atoms with Gasteiger partial charge in [0.2, 0.25) is 5.69 Å². The molecule has 0 atom stereocenters. The molecule has 1 aliphatic carbocycles. The molecule has 30 heavy (non-hydrogen) atoms. The highest BCUT2D eigenvalue weighted by molar-refractivity contribution is 5.94. The zero-order valence-electron chi connectivity index (χ0n) is 21.6. The van der Waals surface area contributed by atoms with Crippen LogP contribution in [-0.4, -0.2) is 0 Å². The molecule has 1 aliphatic rings. The lowest BCUT2D eigenvalue weighted by molar-refractivity contribution is -0.659. The minimum Gasteiger partial charge on any atom is -0.200 e. The first-order chi connectivity index (χ1) is 15.2. The minimum atomic E-state index is 0.286. The second-order valence-electron chi connectivity index (χ2n) is 9.88. The van der Waals surface area contributed by atoms with Gasteiger partial charge >= 0.3 is 0 Å². The lowest BCUT2D eigenvalue weighted by Gasteiger charge is -2.22. The summed E-state index contributed by atoms with van der Waals surface area (Å²) < 4.78 is 19.4. The Bertz CT molecular complexity index is 1150. The summed E-state index contributed by atoms with van der Waals surface area (Å²) in [5.74, 6) is 1.47. The number of hydrogen-bond donors (Lipinski definition) is 0. The molecular formula is C29H38N+. The lowest BCUT2D eigenvalue weighted by atomic mass is 9.83. The molecule has 1 nitrogen and oxygen atoms in total. The quantitative estimate of drug-likeness (QED) is 0.390. The van der Waals surface area contributed by atoms with E-state index >= 15 is 0 Å². The zero-order chi connectivity index (χ0) is 23.2. The van der Waals surface area contributed by atoms with Gasteiger partial charge in [-0.25, -0.2) is 4.57 Å². The summed E-state index contributed by atoms with van der Waals surface area (Å²) in [4.78, 5) is 0. The molecule has 2 aromatic carbocycles. The van der Waals surface area contributed by atoms with Crippen LogP contribution in [0.5, 0.6) is 0 Å². The Morgan fingerprint density at radius 1 is 0.967 bits per heavy atom. The van der Waals surface area contributed by atoms with E-state index in [1.165, 1.54) is 59.9 Å². The third-order valence-corrected chi connectivity index (χ3v) is 7.08. The molecule has 0 bridgehead atoms. The van der Waals surface area contributed by atoms with Crippen molar-refractivity contribution in [2.45, 2.75) is 84.5 Å². The topological polar surface area (TPSA) is 3.88 Å². The largest absolute Gasteiger partial charge is 0.220 e. The van der Waals surface area contributed by atoms with Gasteiger partial charge in [0.25, 0.3) is 0 Å². The molecule has 1 saturated carbocycles. The fraction of sp³-hybridized carbons (Fsp3) is 0.483. The van der Waals surface area contributed by atoms with E-state index in [2.05, 4.69) is 65.0 Å². The lowest BCUT2D eigenvalue weighted by Crippen LogP contribution is -2.31. The highest BCUT2D eigenvalue weighted by atomic mass is 14.9. The smallest absolute Gasteiger partial charge is 0.200 e. The van der Waals surface area contributed by atoms with Gasteiger partial charge in [0.15, 0.2) is 6.17 Å². The van der Waals surface area contributed by atoms with Gasteiger partial charge in [0, 0.05) is 6.04 Å². The average molecular weight is 403 g/mol. The van der Waals surface area contributed by atoms with Crippen LogP contribution in [-0.2, 0) is 7.05 Å². The standard InChI is InChI=1S/C29H38N/c1-19(2)25-17-27(20(3)4)21(5)28(18-25)29-26-13-12-23(22-10-8-7-9-11-22)16-24(26)14-15-30(29)6/h12-20,22H,7-11H2,1-6H3/q+1/i14D,15D. The highest BCUT2D eigenvalue weighted by Crippen LogP contribution is 2.37. The summed E-state index contributed by atoms with van der Waals surface area (Å²) in [5, 5.41) is 2.01. The first-order valence-corrected chi connectivity index (χ1v) is 11.8. The SMILES string of the molecule is [2H]c1c([2H])[n+](C)c(-c2cc(C(C)C)cc(C(C)C)c2C)c2ccc(C3CCCCC3)cc12. The molecule has 1 aromatic heterocycles. The Morgan fingerprint density at radius 3 is 2.37 bits per heavy atom. The zero-order valence-corrected chi connectivity index (χ0v) is 19.6. The number of benzene rings is 2. The van der Waals surface area contributed by atoms with Crippen molar-refractivity contribution < 1.29 is 7.31 Å². The van der Waals surface area contributed by atoms with E-state index in [9.17, 15) is 0 Å². The van der Waals surface area contributed by atoms with E-state index in [1.807, 2.05) is 11.6 Å². The number of hydrogen-bond acceptors (Lipinski definition) is 0. The third kappa shape index (κ3) is 3.92. The van der Waals surface area contributed by atoms with Crippen LogP contribution >= 0.6 is 0 Å². The van der Waals surface area contributed by atoms with Crippen LogP contribution in [0.15, 0.2) is 42.5 Å². The maximum atomic E-state index is 8.77. The first-order valence-electron chi connectivity index (χ1n) is 12.8. The summed E-state index contributed by atoms with van der Waals surface area (Å²) >= 11 is 0. The molecule has 0 saturated heterocycles. The number of aromatic nitrogens is 1. The van der Waals surface area contributed by atoms with Crippen molar-refractivity contribution in [3.63, 3.8) is 0 Å². The number of fused-ring (bicyclic) bond motifs is 1. The predicted octanol–water partition coefficient (Wildman–Crippen LogP) is 7.93. The van der Waals surface area contributed by atoms with Crippen LogP contribution in [0.1, 0.15) is 103 Å². The molecule has 1 heteroatoms. The van der Waals surface area contributed by atoms with E-state index in [4.69, 9.17) is 2.74 Å². The molecule has 0 amide bonds. The normalized spacial score (nSPS) is 16.4. The molecule has 1 fully saturated rings. The van der Waals surface area contributed by atoms with Gasteiger partial charge in [0.1, 0.15) is 8.42 Å². The minimum absolute atomic E-state index is 0.286. The van der Waals surface area contributed by atoms with Crippen molar-refractivity contribution in [2.24, 2.45) is 7.05 Å². The summed E-state index contributed by atoms with van der Waals surface area (Å²) in [7, 11) is 1.95. The number of rotatable bonds is 4. The summed E-state index contributed by atoms with van der Waals surface area (Å²) in [6.45, 7) is 11.2.